The average molecular weight is 558 g/mol. The standard InChI is InChI=1S/C29H34F3N5O3/c1-4-28(5-2)14-22(38)37(27(33)36-28)25(17-9-8-12-34-15-17)23-16(3)24(23)26(39)35-19-13-21(29(30,31)32)40-20-11-7-6-10-18(19)20/h6-12,15-16,19,21,23-25H,4-5,13-14H2,1-3H3,(H2,33,36)(H,35,39). The number of hydrogen-bond acceptors (Lipinski definition) is 6. The number of aliphatic imine (C=N–C) groups is 1. The number of nitrogens with one attached hydrogen (secondary N) is 1. The lowest BCUT2D eigenvalue weighted by atomic mass is 9.87. The van der Waals surface area contributed by atoms with Crippen molar-refractivity contribution in [3.63, 3.8) is 0 Å². The van der Waals surface area contributed by atoms with Gasteiger partial charge in [0.2, 0.25) is 11.8 Å². The zero-order chi connectivity index (χ0) is 28.8. The molecule has 1 saturated carbocycles. The van der Waals surface area contributed by atoms with E-state index in [0.29, 0.717) is 18.4 Å². The van der Waals surface area contributed by atoms with Crippen LogP contribution in [-0.2, 0) is 9.59 Å². The SMILES string of the molecule is CCC1(CC)CC(=O)N(C(c2cccnc2)C2C(C)C2C(=O)NC2CC(C(F)(F)F)Oc3ccccc32)C(N)=N1. The second-order valence-corrected chi connectivity index (χ2v) is 11.0. The Balaban J connectivity index is 1.43. The molecule has 0 saturated heterocycles. The number of para-hydroxylation sites is 1. The first-order chi connectivity index (χ1) is 19.0. The summed E-state index contributed by atoms with van der Waals surface area (Å²) in [6.07, 6.45) is -2.23. The van der Waals surface area contributed by atoms with Gasteiger partial charge in [-0.2, -0.15) is 13.2 Å². The molecule has 2 aromatic rings. The number of alkyl halides is 3. The summed E-state index contributed by atoms with van der Waals surface area (Å²) >= 11 is 0. The molecule has 214 valence electrons. The van der Waals surface area contributed by atoms with Crippen molar-refractivity contribution in [3.8, 4) is 5.75 Å². The first kappa shape index (κ1) is 27.9. The van der Waals surface area contributed by atoms with Crippen molar-refractivity contribution in [1.29, 1.82) is 0 Å². The number of ether oxygens (including phenoxy) is 1. The van der Waals surface area contributed by atoms with E-state index in [9.17, 15) is 22.8 Å². The molecule has 3 N–H and O–H groups in total. The van der Waals surface area contributed by atoms with E-state index >= 15 is 0 Å². The molecule has 1 fully saturated rings. The third kappa shape index (κ3) is 5.01. The molecule has 6 atom stereocenters. The third-order valence-corrected chi connectivity index (χ3v) is 8.78. The molecule has 0 radical (unpaired) electrons. The summed E-state index contributed by atoms with van der Waals surface area (Å²) in [5.74, 6) is -1.37. The fourth-order valence-corrected chi connectivity index (χ4v) is 6.30. The summed E-state index contributed by atoms with van der Waals surface area (Å²) < 4.78 is 46.1. The number of pyridine rings is 1. The second kappa shape index (κ2) is 10.4. The number of nitrogens with two attached hydrogens (primary N) is 1. The van der Waals surface area contributed by atoms with Crippen molar-refractivity contribution >= 4 is 17.8 Å². The number of hydrogen-bond donors (Lipinski definition) is 2. The maximum atomic E-state index is 13.6. The molecular formula is C29H34F3N5O3. The quantitative estimate of drug-likeness (QED) is 0.514. The van der Waals surface area contributed by atoms with Gasteiger partial charge in [-0.05, 0) is 42.4 Å². The number of rotatable bonds is 7. The molecule has 0 bridgehead atoms. The van der Waals surface area contributed by atoms with Crippen molar-refractivity contribution in [2.75, 3.05) is 0 Å². The minimum Gasteiger partial charge on any atom is -0.480 e. The highest BCUT2D eigenvalue weighted by molar-refractivity contribution is 6.00. The van der Waals surface area contributed by atoms with E-state index in [1.165, 1.54) is 11.0 Å². The van der Waals surface area contributed by atoms with E-state index < -0.39 is 42.2 Å². The lowest BCUT2D eigenvalue weighted by Crippen LogP contribution is -2.53. The van der Waals surface area contributed by atoms with Gasteiger partial charge in [0.25, 0.3) is 0 Å². The molecule has 2 aliphatic heterocycles. The lowest BCUT2D eigenvalue weighted by Gasteiger charge is -2.40. The van der Waals surface area contributed by atoms with Crippen LogP contribution < -0.4 is 15.8 Å². The molecule has 40 heavy (non-hydrogen) atoms. The zero-order valence-corrected chi connectivity index (χ0v) is 22.7. The van der Waals surface area contributed by atoms with E-state index in [-0.39, 0.29) is 41.8 Å². The van der Waals surface area contributed by atoms with E-state index in [4.69, 9.17) is 15.5 Å². The van der Waals surface area contributed by atoms with E-state index in [2.05, 4.69) is 10.3 Å². The van der Waals surface area contributed by atoms with Gasteiger partial charge < -0.3 is 15.8 Å². The first-order valence-corrected chi connectivity index (χ1v) is 13.7. The minimum absolute atomic E-state index is 0.105. The van der Waals surface area contributed by atoms with E-state index in [1.807, 2.05) is 26.8 Å². The Morgan fingerprint density at radius 1 is 1.23 bits per heavy atom. The van der Waals surface area contributed by atoms with Gasteiger partial charge >= 0.3 is 6.18 Å². The van der Waals surface area contributed by atoms with Gasteiger partial charge in [-0.3, -0.25) is 19.5 Å². The van der Waals surface area contributed by atoms with Crippen LogP contribution in [0.2, 0.25) is 0 Å². The minimum atomic E-state index is -4.57. The molecular weight excluding hydrogens is 523 g/mol. The summed E-state index contributed by atoms with van der Waals surface area (Å²) in [5.41, 5.74) is 7.10. The number of guanidine groups is 1. The van der Waals surface area contributed by atoms with Gasteiger partial charge in [0.1, 0.15) is 5.75 Å². The number of carbonyl (C=O) groups is 2. The van der Waals surface area contributed by atoms with Crippen molar-refractivity contribution in [2.45, 2.75) is 76.4 Å². The van der Waals surface area contributed by atoms with Gasteiger partial charge in [0.15, 0.2) is 12.1 Å². The number of carbonyl (C=O) groups excluding carboxylic acids is 2. The summed E-state index contributed by atoms with van der Waals surface area (Å²) in [5, 5.41) is 2.86. The van der Waals surface area contributed by atoms with Gasteiger partial charge in [-0.25, -0.2) is 4.99 Å². The Hall–Kier alpha value is -3.63. The molecule has 1 aliphatic carbocycles. The summed E-state index contributed by atoms with van der Waals surface area (Å²) in [4.78, 5) is 37.7. The summed E-state index contributed by atoms with van der Waals surface area (Å²) in [6.45, 7) is 5.85. The fourth-order valence-electron chi connectivity index (χ4n) is 6.30. The molecule has 8 nitrogen and oxygen atoms in total. The number of aromatic nitrogens is 1. The molecule has 0 spiro atoms. The summed E-state index contributed by atoms with van der Waals surface area (Å²) in [7, 11) is 0. The van der Waals surface area contributed by atoms with Crippen molar-refractivity contribution in [2.24, 2.45) is 28.5 Å². The average Bonchev–Trinajstić information content (AvgIpc) is 3.60. The first-order valence-electron chi connectivity index (χ1n) is 13.7. The van der Waals surface area contributed by atoms with Gasteiger partial charge in [0, 0.05) is 30.3 Å². The van der Waals surface area contributed by atoms with Crippen molar-refractivity contribution in [1.82, 2.24) is 15.2 Å². The Morgan fingerprint density at radius 3 is 2.58 bits per heavy atom. The highest BCUT2D eigenvalue weighted by Crippen LogP contribution is 2.56. The third-order valence-electron chi connectivity index (χ3n) is 8.78. The highest BCUT2D eigenvalue weighted by atomic mass is 19.4. The van der Waals surface area contributed by atoms with Crippen LogP contribution in [0.3, 0.4) is 0 Å². The number of halogens is 3. The van der Waals surface area contributed by atoms with Crippen LogP contribution in [-0.4, -0.2) is 45.5 Å². The topological polar surface area (TPSA) is 110 Å². The molecule has 6 unspecified atom stereocenters. The normalized spacial score (nSPS) is 28.1. The predicted octanol–water partition coefficient (Wildman–Crippen LogP) is 4.68. The molecule has 5 rings (SSSR count). The number of fused-ring (bicyclic) bond motifs is 1. The molecule has 2 amide bonds. The Morgan fingerprint density at radius 2 is 1.95 bits per heavy atom. The smallest absolute Gasteiger partial charge is 0.425 e. The number of benzene rings is 1. The maximum absolute atomic E-state index is 13.6. The molecule has 3 heterocycles. The highest BCUT2D eigenvalue weighted by Gasteiger charge is 2.59. The molecule has 11 heteroatoms. The van der Waals surface area contributed by atoms with Crippen LogP contribution in [0.1, 0.15) is 69.7 Å². The van der Waals surface area contributed by atoms with Gasteiger partial charge in [-0.15, -0.1) is 0 Å². The largest absolute Gasteiger partial charge is 0.480 e. The predicted molar refractivity (Wildman–Crippen MR) is 142 cm³/mol. The van der Waals surface area contributed by atoms with Crippen LogP contribution in [0.15, 0.2) is 53.8 Å². The van der Waals surface area contributed by atoms with E-state index in [1.54, 1.807) is 36.7 Å². The molecule has 3 aliphatic rings. The van der Waals surface area contributed by atoms with Gasteiger partial charge in [0.05, 0.1) is 24.0 Å². The van der Waals surface area contributed by atoms with Crippen LogP contribution >= 0.6 is 0 Å². The summed E-state index contributed by atoms with van der Waals surface area (Å²) in [6, 6.07) is 8.57. The van der Waals surface area contributed by atoms with Crippen molar-refractivity contribution in [3.05, 3.63) is 59.9 Å². The maximum Gasteiger partial charge on any atom is 0.425 e. The van der Waals surface area contributed by atoms with Crippen LogP contribution in [0, 0.1) is 17.8 Å². The van der Waals surface area contributed by atoms with Crippen LogP contribution in [0.25, 0.3) is 0 Å². The Bertz CT molecular complexity index is 1300. The monoisotopic (exact) mass is 557 g/mol. The molecule has 1 aromatic carbocycles. The van der Waals surface area contributed by atoms with Gasteiger partial charge in [-0.1, -0.05) is 45.0 Å². The van der Waals surface area contributed by atoms with E-state index in [0.717, 1.165) is 5.56 Å². The lowest BCUT2D eigenvalue weighted by molar-refractivity contribution is -0.201. The second-order valence-electron chi connectivity index (χ2n) is 11.0. The Kier molecular flexibility index (Phi) is 7.26. The number of amides is 2. The van der Waals surface area contributed by atoms with Crippen LogP contribution in [0.5, 0.6) is 5.75 Å². The van der Waals surface area contributed by atoms with Crippen LogP contribution in [0.4, 0.5) is 13.2 Å². The number of nitrogens with zero attached hydrogens (tertiary/aromatic N) is 3. The zero-order valence-electron chi connectivity index (χ0n) is 22.7. The fraction of sp³-hybridized carbons (Fsp3) is 0.517. The van der Waals surface area contributed by atoms with Crippen molar-refractivity contribution < 1.29 is 27.5 Å². The Labute approximate surface area is 231 Å². The molecule has 1 aromatic heterocycles.